The fourth-order valence-corrected chi connectivity index (χ4v) is 2.26. The number of rotatable bonds is 1. The third-order valence-corrected chi connectivity index (χ3v) is 3.35. The summed E-state index contributed by atoms with van der Waals surface area (Å²) in [5.41, 5.74) is -0.992. The van der Waals surface area contributed by atoms with Gasteiger partial charge in [0.25, 0.3) is 0 Å². The number of aromatic hydroxyl groups is 2. The van der Waals surface area contributed by atoms with Gasteiger partial charge in [-0.3, -0.25) is 0 Å². The van der Waals surface area contributed by atoms with Crippen LogP contribution in [0.15, 0.2) is 36.4 Å². The van der Waals surface area contributed by atoms with Gasteiger partial charge in [-0.15, -0.1) is 0 Å². The Hall–Kier alpha value is -2.76. The molecule has 0 heterocycles. The van der Waals surface area contributed by atoms with Crippen molar-refractivity contribution in [1.29, 1.82) is 0 Å². The standard InChI is InChI=1S/C16H8F4O2/c17-12-11(13(18)15(20)16(22)14(12)19)9-2-1-8-6-10(21)4-3-7(8)5-9/h1-6,21-22H. The molecule has 0 aliphatic rings. The Labute approximate surface area is 121 Å². The molecule has 0 radical (unpaired) electrons. The summed E-state index contributed by atoms with van der Waals surface area (Å²) in [7, 11) is 0. The summed E-state index contributed by atoms with van der Waals surface area (Å²) in [6.07, 6.45) is 0. The minimum absolute atomic E-state index is 0.0133. The van der Waals surface area contributed by atoms with Crippen LogP contribution in [0.3, 0.4) is 0 Å². The Balaban J connectivity index is 2.30. The molecule has 0 saturated heterocycles. The monoisotopic (exact) mass is 308 g/mol. The molecule has 0 aliphatic heterocycles. The molecule has 0 atom stereocenters. The molecule has 3 aromatic rings. The SMILES string of the molecule is Oc1ccc2cc(-c3c(F)c(F)c(O)c(F)c3F)ccc2c1. The van der Waals surface area contributed by atoms with Gasteiger partial charge in [0.05, 0.1) is 5.56 Å². The molecule has 22 heavy (non-hydrogen) atoms. The first-order chi connectivity index (χ1) is 10.4. The van der Waals surface area contributed by atoms with Gasteiger partial charge in [0.1, 0.15) is 5.75 Å². The number of benzene rings is 3. The Bertz CT molecular complexity index is 877. The second-order valence-corrected chi connectivity index (χ2v) is 4.73. The maximum absolute atomic E-state index is 13.9. The van der Waals surface area contributed by atoms with Crippen LogP contribution in [0.1, 0.15) is 0 Å². The van der Waals surface area contributed by atoms with E-state index in [-0.39, 0.29) is 11.3 Å². The van der Waals surface area contributed by atoms with Crippen molar-refractivity contribution in [3.8, 4) is 22.6 Å². The van der Waals surface area contributed by atoms with E-state index in [1.165, 1.54) is 36.4 Å². The number of halogens is 4. The fraction of sp³-hybridized carbons (Fsp3) is 0. The second-order valence-electron chi connectivity index (χ2n) is 4.73. The highest BCUT2D eigenvalue weighted by molar-refractivity contribution is 5.88. The smallest absolute Gasteiger partial charge is 0.204 e. The van der Waals surface area contributed by atoms with Crippen molar-refractivity contribution in [2.24, 2.45) is 0 Å². The average Bonchev–Trinajstić information content (AvgIpc) is 2.51. The van der Waals surface area contributed by atoms with Crippen LogP contribution in [-0.4, -0.2) is 10.2 Å². The fourth-order valence-electron chi connectivity index (χ4n) is 2.26. The molecule has 0 saturated carbocycles. The van der Waals surface area contributed by atoms with Crippen LogP contribution >= 0.6 is 0 Å². The van der Waals surface area contributed by atoms with E-state index in [9.17, 15) is 22.7 Å². The van der Waals surface area contributed by atoms with Gasteiger partial charge >= 0.3 is 0 Å². The third-order valence-electron chi connectivity index (χ3n) is 3.35. The lowest BCUT2D eigenvalue weighted by Crippen LogP contribution is -2.00. The highest BCUT2D eigenvalue weighted by atomic mass is 19.2. The molecule has 0 aliphatic carbocycles. The van der Waals surface area contributed by atoms with Crippen LogP contribution in [-0.2, 0) is 0 Å². The van der Waals surface area contributed by atoms with Crippen LogP contribution in [0.5, 0.6) is 11.5 Å². The molecule has 6 heteroatoms. The summed E-state index contributed by atoms with van der Waals surface area (Å²) < 4.78 is 54.6. The molecule has 3 rings (SSSR count). The zero-order valence-corrected chi connectivity index (χ0v) is 10.9. The Morgan fingerprint density at radius 3 is 1.82 bits per heavy atom. The molecule has 0 fully saturated rings. The number of hydrogen-bond acceptors (Lipinski definition) is 2. The van der Waals surface area contributed by atoms with Crippen LogP contribution in [0, 0.1) is 23.3 Å². The highest BCUT2D eigenvalue weighted by Crippen LogP contribution is 2.36. The maximum Gasteiger partial charge on any atom is 0.204 e. The van der Waals surface area contributed by atoms with Gasteiger partial charge in [-0.05, 0) is 34.5 Å². The topological polar surface area (TPSA) is 40.5 Å². The lowest BCUT2D eigenvalue weighted by Gasteiger charge is -2.10. The summed E-state index contributed by atoms with van der Waals surface area (Å²) in [6.45, 7) is 0. The van der Waals surface area contributed by atoms with Crippen molar-refractivity contribution >= 4 is 10.8 Å². The Kier molecular flexibility index (Phi) is 3.16. The van der Waals surface area contributed by atoms with E-state index in [2.05, 4.69) is 0 Å². The molecule has 0 amide bonds. The van der Waals surface area contributed by atoms with E-state index in [1.54, 1.807) is 0 Å². The third kappa shape index (κ3) is 2.04. The van der Waals surface area contributed by atoms with E-state index < -0.39 is 34.6 Å². The maximum atomic E-state index is 13.9. The van der Waals surface area contributed by atoms with Gasteiger partial charge in [-0.25, -0.2) is 8.78 Å². The quantitative estimate of drug-likeness (QED) is 0.514. The van der Waals surface area contributed by atoms with E-state index >= 15 is 0 Å². The Morgan fingerprint density at radius 1 is 0.636 bits per heavy atom. The molecular formula is C16H8F4O2. The van der Waals surface area contributed by atoms with Crippen molar-refractivity contribution in [3.63, 3.8) is 0 Å². The molecule has 0 unspecified atom stereocenters. The zero-order valence-electron chi connectivity index (χ0n) is 10.9. The van der Waals surface area contributed by atoms with Gasteiger partial charge in [0.2, 0.25) is 11.6 Å². The number of fused-ring (bicyclic) bond motifs is 1. The normalized spacial score (nSPS) is 11.1. The largest absolute Gasteiger partial charge is 0.508 e. The molecular weight excluding hydrogens is 300 g/mol. The summed E-state index contributed by atoms with van der Waals surface area (Å²) in [5, 5.41) is 19.4. The molecule has 112 valence electrons. The second kappa shape index (κ2) is 4.91. The highest BCUT2D eigenvalue weighted by Gasteiger charge is 2.26. The first kappa shape index (κ1) is 14.2. The predicted octanol–water partition coefficient (Wildman–Crippen LogP) is 4.47. The van der Waals surface area contributed by atoms with Crippen molar-refractivity contribution in [1.82, 2.24) is 0 Å². The zero-order chi connectivity index (χ0) is 16.0. The van der Waals surface area contributed by atoms with Crippen molar-refractivity contribution in [2.45, 2.75) is 0 Å². The van der Waals surface area contributed by atoms with Gasteiger partial charge in [0, 0.05) is 0 Å². The average molecular weight is 308 g/mol. The van der Waals surface area contributed by atoms with Crippen LogP contribution in [0.4, 0.5) is 17.6 Å². The van der Waals surface area contributed by atoms with Gasteiger partial charge in [0.15, 0.2) is 17.4 Å². The molecule has 0 aromatic heterocycles. The number of hydrogen-bond donors (Lipinski definition) is 2. The van der Waals surface area contributed by atoms with Gasteiger partial charge in [-0.1, -0.05) is 18.2 Å². The summed E-state index contributed by atoms with van der Waals surface area (Å²) in [4.78, 5) is 0. The van der Waals surface area contributed by atoms with Crippen LogP contribution in [0.25, 0.3) is 21.9 Å². The summed E-state index contributed by atoms with van der Waals surface area (Å²) in [5.74, 6) is -8.72. The van der Waals surface area contributed by atoms with E-state index in [1.807, 2.05) is 0 Å². The first-order valence-electron chi connectivity index (χ1n) is 6.18. The molecule has 2 N–H and O–H groups in total. The minimum atomic E-state index is -1.85. The lowest BCUT2D eigenvalue weighted by atomic mass is 9.99. The van der Waals surface area contributed by atoms with E-state index in [0.717, 1.165) is 0 Å². The van der Waals surface area contributed by atoms with Crippen LogP contribution < -0.4 is 0 Å². The minimum Gasteiger partial charge on any atom is -0.508 e. The Morgan fingerprint density at radius 2 is 1.18 bits per heavy atom. The van der Waals surface area contributed by atoms with E-state index in [0.29, 0.717) is 10.8 Å². The molecule has 0 bridgehead atoms. The van der Waals surface area contributed by atoms with Crippen molar-refractivity contribution in [2.75, 3.05) is 0 Å². The number of phenols is 2. The van der Waals surface area contributed by atoms with Crippen LogP contribution in [0.2, 0.25) is 0 Å². The summed E-state index contributed by atoms with van der Waals surface area (Å²) in [6, 6.07) is 8.34. The van der Waals surface area contributed by atoms with Gasteiger partial charge < -0.3 is 10.2 Å². The van der Waals surface area contributed by atoms with Crippen molar-refractivity contribution < 1.29 is 27.8 Å². The number of phenolic OH excluding ortho intramolecular Hbond substituents is 2. The van der Waals surface area contributed by atoms with Crippen molar-refractivity contribution in [3.05, 3.63) is 59.7 Å². The summed E-state index contributed by atoms with van der Waals surface area (Å²) >= 11 is 0. The molecule has 0 spiro atoms. The molecule has 2 nitrogen and oxygen atoms in total. The lowest BCUT2D eigenvalue weighted by molar-refractivity contribution is 0.358. The molecule has 3 aromatic carbocycles. The predicted molar refractivity (Wildman–Crippen MR) is 72.5 cm³/mol. The first-order valence-corrected chi connectivity index (χ1v) is 6.18. The van der Waals surface area contributed by atoms with E-state index in [4.69, 9.17) is 5.11 Å². The van der Waals surface area contributed by atoms with Gasteiger partial charge in [-0.2, -0.15) is 8.78 Å².